The molecule has 4 heteroatoms. The van der Waals surface area contributed by atoms with Crippen LogP contribution in [0.25, 0.3) is 0 Å². The van der Waals surface area contributed by atoms with E-state index in [4.69, 9.17) is 5.26 Å². The number of hydrogen-bond acceptors (Lipinski definition) is 4. The number of pyridine rings is 1. The summed E-state index contributed by atoms with van der Waals surface area (Å²) in [6.07, 6.45) is 1.55. The lowest BCUT2D eigenvalue weighted by atomic mass is 10.0. The second-order valence-electron chi connectivity index (χ2n) is 2.78. The van der Waals surface area contributed by atoms with Crippen molar-refractivity contribution in [2.75, 3.05) is 7.11 Å². The fraction of sp³-hybridized carbons (Fsp3) is 0.300. The van der Waals surface area contributed by atoms with Gasteiger partial charge in [-0.05, 0) is 19.1 Å². The fourth-order valence-electron chi connectivity index (χ4n) is 1.11. The Morgan fingerprint density at radius 3 is 3.00 bits per heavy atom. The number of esters is 1. The molecular weight excluding hydrogens is 180 g/mol. The highest BCUT2D eigenvalue weighted by Gasteiger charge is 2.16. The second kappa shape index (κ2) is 4.38. The Bertz CT molecular complexity index is 382. The Hall–Kier alpha value is -1.89. The van der Waals surface area contributed by atoms with E-state index < -0.39 is 11.9 Å². The largest absolute Gasteiger partial charge is 0.465 e. The summed E-state index contributed by atoms with van der Waals surface area (Å²) in [7, 11) is 1.30. The van der Waals surface area contributed by atoms with Crippen molar-refractivity contribution in [3.05, 3.63) is 29.6 Å². The SMILES string of the molecule is COC(=O)c1cccnc1C(C)C#N. The molecule has 1 rings (SSSR count). The van der Waals surface area contributed by atoms with Gasteiger partial charge in [0.15, 0.2) is 0 Å². The molecule has 0 radical (unpaired) electrons. The Morgan fingerprint density at radius 2 is 2.43 bits per heavy atom. The topological polar surface area (TPSA) is 63.0 Å². The first-order valence-corrected chi connectivity index (χ1v) is 4.13. The predicted molar refractivity (Wildman–Crippen MR) is 49.6 cm³/mol. The smallest absolute Gasteiger partial charge is 0.339 e. The Labute approximate surface area is 82.1 Å². The molecule has 0 spiro atoms. The summed E-state index contributed by atoms with van der Waals surface area (Å²) in [6, 6.07) is 5.27. The van der Waals surface area contributed by atoms with Gasteiger partial charge in [-0.15, -0.1) is 0 Å². The van der Waals surface area contributed by atoms with Crippen LogP contribution in [0.5, 0.6) is 0 Å². The molecule has 0 saturated heterocycles. The fourth-order valence-corrected chi connectivity index (χ4v) is 1.11. The maximum atomic E-state index is 11.3. The van der Waals surface area contributed by atoms with Gasteiger partial charge in [0.2, 0.25) is 0 Å². The molecule has 0 N–H and O–H groups in total. The van der Waals surface area contributed by atoms with Crippen molar-refractivity contribution in [2.45, 2.75) is 12.8 Å². The number of rotatable bonds is 2. The van der Waals surface area contributed by atoms with Gasteiger partial charge in [0.05, 0.1) is 30.4 Å². The minimum atomic E-state index is -0.463. The first-order valence-electron chi connectivity index (χ1n) is 4.13. The van der Waals surface area contributed by atoms with Crippen molar-refractivity contribution < 1.29 is 9.53 Å². The van der Waals surface area contributed by atoms with Crippen LogP contribution >= 0.6 is 0 Å². The van der Waals surface area contributed by atoms with Crippen molar-refractivity contribution in [1.29, 1.82) is 5.26 Å². The van der Waals surface area contributed by atoms with E-state index >= 15 is 0 Å². The number of ether oxygens (including phenoxy) is 1. The van der Waals surface area contributed by atoms with Crippen molar-refractivity contribution in [2.24, 2.45) is 0 Å². The van der Waals surface area contributed by atoms with E-state index in [9.17, 15) is 4.79 Å². The van der Waals surface area contributed by atoms with Crippen LogP contribution in [-0.2, 0) is 4.74 Å². The van der Waals surface area contributed by atoms with Gasteiger partial charge in [-0.25, -0.2) is 4.79 Å². The van der Waals surface area contributed by atoms with E-state index in [2.05, 4.69) is 9.72 Å². The highest BCUT2D eigenvalue weighted by molar-refractivity contribution is 5.90. The normalized spacial score (nSPS) is 11.5. The van der Waals surface area contributed by atoms with Crippen LogP contribution in [0, 0.1) is 11.3 Å². The third-order valence-corrected chi connectivity index (χ3v) is 1.85. The van der Waals surface area contributed by atoms with Gasteiger partial charge in [-0.3, -0.25) is 4.98 Å². The molecule has 1 aromatic heterocycles. The van der Waals surface area contributed by atoms with Crippen molar-refractivity contribution in [3.8, 4) is 6.07 Å². The standard InChI is InChI=1S/C10H10N2O2/c1-7(6-11)9-8(10(13)14-2)4-3-5-12-9/h3-5,7H,1-2H3. The number of carbonyl (C=O) groups is 1. The molecule has 1 unspecified atom stereocenters. The minimum absolute atomic E-state index is 0.351. The minimum Gasteiger partial charge on any atom is -0.465 e. The molecule has 0 aromatic carbocycles. The lowest BCUT2D eigenvalue weighted by Crippen LogP contribution is -2.08. The van der Waals surface area contributed by atoms with E-state index in [-0.39, 0.29) is 0 Å². The molecule has 0 aliphatic heterocycles. The lowest BCUT2D eigenvalue weighted by molar-refractivity contribution is 0.0598. The van der Waals surface area contributed by atoms with Crippen LogP contribution in [0.15, 0.2) is 18.3 Å². The van der Waals surface area contributed by atoms with Gasteiger partial charge < -0.3 is 4.74 Å². The molecule has 72 valence electrons. The number of nitriles is 1. The monoisotopic (exact) mass is 190 g/mol. The average Bonchev–Trinajstić information content (AvgIpc) is 2.27. The van der Waals surface area contributed by atoms with Gasteiger partial charge in [0, 0.05) is 6.20 Å². The van der Waals surface area contributed by atoms with E-state index in [0.717, 1.165) is 0 Å². The molecule has 1 heterocycles. The van der Waals surface area contributed by atoms with Crippen molar-refractivity contribution in [3.63, 3.8) is 0 Å². The third kappa shape index (κ3) is 1.88. The third-order valence-electron chi connectivity index (χ3n) is 1.85. The van der Waals surface area contributed by atoms with Gasteiger partial charge in [0.25, 0.3) is 0 Å². The number of hydrogen-bond donors (Lipinski definition) is 0. The van der Waals surface area contributed by atoms with E-state index in [1.54, 1.807) is 25.3 Å². The Kier molecular flexibility index (Phi) is 3.19. The molecule has 0 amide bonds. The van der Waals surface area contributed by atoms with Crippen LogP contribution < -0.4 is 0 Å². The van der Waals surface area contributed by atoms with Gasteiger partial charge in [-0.2, -0.15) is 5.26 Å². The number of aromatic nitrogens is 1. The van der Waals surface area contributed by atoms with Crippen LogP contribution in [0.1, 0.15) is 28.9 Å². The summed E-state index contributed by atoms with van der Waals surface area (Å²) in [6.45, 7) is 1.69. The predicted octanol–water partition coefficient (Wildman–Crippen LogP) is 1.50. The van der Waals surface area contributed by atoms with Crippen molar-refractivity contribution >= 4 is 5.97 Å². The quantitative estimate of drug-likeness (QED) is 0.663. The zero-order chi connectivity index (χ0) is 10.6. The molecule has 14 heavy (non-hydrogen) atoms. The molecule has 0 saturated carbocycles. The summed E-state index contributed by atoms with van der Waals surface area (Å²) in [5, 5.41) is 8.73. The highest BCUT2D eigenvalue weighted by atomic mass is 16.5. The summed E-state index contributed by atoms with van der Waals surface area (Å²) < 4.78 is 4.58. The van der Waals surface area contributed by atoms with Gasteiger partial charge in [0.1, 0.15) is 0 Å². The summed E-state index contributed by atoms with van der Waals surface area (Å²) in [4.78, 5) is 15.3. The first kappa shape index (κ1) is 10.2. The van der Waals surface area contributed by atoms with Crippen molar-refractivity contribution in [1.82, 2.24) is 4.98 Å². The number of methoxy groups -OCH3 is 1. The van der Waals surface area contributed by atoms with E-state index in [1.807, 2.05) is 6.07 Å². The maximum absolute atomic E-state index is 11.3. The van der Waals surface area contributed by atoms with E-state index in [1.165, 1.54) is 7.11 Å². The molecule has 0 aliphatic carbocycles. The maximum Gasteiger partial charge on any atom is 0.339 e. The molecule has 0 bridgehead atoms. The Morgan fingerprint density at radius 1 is 1.71 bits per heavy atom. The van der Waals surface area contributed by atoms with Crippen LogP contribution in [0.3, 0.4) is 0 Å². The first-order chi connectivity index (χ1) is 6.70. The molecule has 1 atom stereocenters. The van der Waals surface area contributed by atoms with Crippen LogP contribution in [-0.4, -0.2) is 18.1 Å². The lowest BCUT2D eigenvalue weighted by Gasteiger charge is -2.06. The number of carbonyl (C=O) groups excluding carboxylic acids is 1. The summed E-state index contributed by atoms with van der Waals surface area (Å²) in [5.74, 6) is -0.875. The summed E-state index contributed by atoms with van der Waals surface area (Å²) >= 11 is 0. The highest BCUT2D eigenvalue weighted by Crippen LogP contribution is 2.16. The molecule has 0 aliphatic rings. The zero-order valence-corrected chi connectivity index (χ0v) is 8.02. The second-order valence-corrected chi connectivity index (χ2v) is 2.78. The van der Waals surface area contributed by atoms with Gasteiger partial charge in [-0.1, -0.05) is 0 Å². The average molecular weight is 190 g/mol. The molecular formula is C10H10N2O2. The molecule has 0 fully saturated rings. The molecule has 4 nitrogen and oxygen atoms in total. The molecule has 1 aromatic rings. The van der Waals surface area contributed by atoms with Gasteiger partial charge >= 0.3 is 5.97 Å². The Balaban J connectivity index is 3.17. The van der Waals surface area contributed by atoms with E-state index in [0.29, 0.717) is 11.3 Å². The van der Waals surface area contributed by atoms with Crippen LogP contribution in [0.2, 0.25) is 0 Å². The summed E-state index contributed by atoms with van der Waals surface area (Å²) in [5.41, 5.74) is 0.811. The zero-order valence-electron chi connectivity index (χ0n) is 8.02. The number of nitrogens with zero attached hydrogens (tertiary/aromatic N) is 2. The van der Waals surface area contributed by atoms with Crippen LogP contribution in [0.4, 0.5) is 0 Å².